The van der Waals surface area contributed by atoms with Crippen molar-refractivity contribution in [2.45, 2.75) is 6.04 Å². The second kappa shape index (κ2) is 8.84. The highest BCUT2D eigenvalue weighted by Gasteiger charge is 2.48. The van der Waals surface area contributed by atoms with E-state index in [9.17, 15) is 14.7 Å². The zero-order chi connectivity index (χ0) is 22.8. The van der Waals surface area contributed by atoms with Gasteiger partial charge in [0.25, 0.3) is 11.7 Å². The Labute approximate surface area is 193 Å². The fourth-order valence-electron chi connectivity index (χ4n) is 3.71. The number of hydrogen-bond donors (Lipinski definition) is 1. The number of nitrogens with zero attached hydrogens (tertiary/aromatic N) is 2. The van der Waals surface area contributed by atoms with Gasteiger partial charge in [-0.1, -0.05) is 28.1 Å². The van der Waals surface area contributed by atoms with E-state index in [2.05, 4.69) is 20.9 Å². The van der Waals surface area contributed by atoms with Gasteiger partial charge in [-0.3, -0.25) is 19.5 Å². The summed E-state index contributed by atoms with van der Waals surface area (Å²) >= 11 is 3.36. The molecule has 8 heteroatoms. The number of pyridine rings is 1. The Kier molecular flexibility index (Phi) is 5.96. The maximum absolute atomic E-state index is 13.2. The molecule has 4 rings (SSSR count). The molecule has 2 aromatic carbocycles. The van der Waals surface area contributed by atoms with Crippen LogP contribution in [0.3, 0.4) is 0 Å². The molecule has 0 aliphatic carbocycles. The Morgan fingerprint density at radius 3 is 2.44 bits per heavy atom. The van der Waals surface area contributed by atoms with Crippen molar-refractivity contribution >= 4 is 39.1 Å². The fourth-order valence-corrected chi connectivity index (χ4v) is 3.97. The van der Waals surface area contributed by atoms with Crippen molar-refractivity contribution in [1.82, 2.24) is 4.98 Å². The summed E-state index contributed by atoms with van der Waals surface area (Å²) in [5.74, 6) is -0.901. The van der Waals surface area contributed by atoms with Crippen molar-refractivity contribution < 1.29 is 24.2 Å². The molecule has 7 nitrogen and oxygen atoms in total. The van der Waals surface area contributed by atoms with Crippen LogP contribution in [0, 0.1) is 0 Å². The van der Waals surface area contributed by atoms with Crippen LogP contribution >= 0.6 is 15.9 Å². The molecule has 1 aliphatic heterocycles. The molecular weight excluding hydrogens is 476 g/mol. The summed E-state index contributed by atoms with van der Waals surface area (Å²) in [6, 6.07) is 14.3. The van der Waals surface area contributed by atoms with Crippen molar-refractivity contribution in [3.8, 4) is 11.5 Å². The monoisotopic (exact) mass is 494 g/mol. The lowest BCUT2D eigenvalue weighted by Gasteiger charge is -2.26. The molecule has 162 valence electrons. The van der Waals surface area contributed by atoms with E-state index >= 15 is 0 Å². The number of benzene rings is 2. The third-order valence-electron chi connectivity index (χ3n) is 5.22. The summed E-state index contributed by atoms with van der Waals surface area (Å²) in [5, 5.41) is 11.2. The second-order valence-corrected chi connectivity index (χ2v) is 7.91. The number of halogens is 1. The maximum atomic E-state index is 13.2. The lowest BCUT2D eigenvalue weighted by molar-refractivity contribution is -0.132. The topological polar surface area (TPSA) is 89.0 Å². The van der Waals surface area contributed by atoms with Crippen molar-refractivity contribution in [2.24, 2.45) is 0 Å². The summed E-state index contributed by atoms with van der Waals surface area (Å²) in [6.07, 6.45) is 3.06. The molecule has 0 saturated carbocycles. The van der Waals surface area contributed by atoms with Crippen LogP contribution in [0.1, 0.15) is 17.2 Å². The third kappa shape index (κ3) is 3.73. The molecular formula is C24H19BrN2O5. The van der Waals surface area contributed by atoms with E-state index in [1.54, 1.807) is 60.8 Å². The minimum absolute atomic E-state index is 0.0484. The number of aliphatic hydroxyl groups is 1. The average molecular weight is 495 g/mol. The first kappa shape index (κ1) is 21.6. The molecule has 1 saturated heterocycles. The second-order valence-electron chi connectivity index (χ2n) is 7.00. The summed E-state index contributed by atoms with van der Waals surface area (Å²) in [6.45, 7) is 0. The van der Waals surface area contributed by atoms with Crippen molar-refractivity contribution in [3.05, 3.63) is 88.2 Å². The average Bonchev–Trinajstić information content (AvgIpc) is 3.09. The number of methoxy groups -OCH3 is 2. The molecule has 3 aromatic rings. The van der Waals surface area contributed by atoms with Crippen molar-refractivity contribution in [3.63, 3.8) is 0 Å². The number of rotatable bonds is 5. The zero-order valence-corrected chi connectivity index (χ0v) is 18.9. The van der Waals surface area contributed by atoms with Gasteiger partial charge in [0.05, 0.1) is 37.7 Å². The minimum Gasteiger partial charge on any atom is -0.507 e. The maximum Gasteiger partial charge on any atom is 0.300 e. The standard InChI is InChI=1S/C24H19BrN2O5/c1-31-17-9-10-19(32-2)18(12-17)21-20(22(28)14-5-7-15(25)8-6-14)23(29)24(30)27(21)16-4-3-11-26-13-16/h3-13,21,28H,1-2H3/t21-/m0/s1. The van der Waals surface area contributed by atoms with E-state index in [0.29, 0.717) is 28.3 Å². The molecule has 1 atom stereocenters. The van der Waals surface area contributed by atoms with Gasteiger partial charge in [-0.25, -0.2) is 0 Å². The molecule has 1 aliphatic rings. The predicted molar refractivity (Wildman–Crippen MR) is 123 cm³/mol. The van der Waals surface area contributed by atoms with Crippen LogP contribution in [-0.4, -0.2) is 36.0 Å². The number of aromatic nitrogens is 1. The molecule has 2 heterocycles. The van der Waals surface area contributed by atoms with Gasteiger partial charge in [0.1, 0.15) is 17.3 Å². The first-order valence-corrected chi connectivity index (χ1v) is 10.4. The normalized spacial score (nSPS) is 17.5. The van der Waals surface area contributed by atoms with E-state index in [1.165, 1.54) is 25.3 Å². The third-order valence-corrected chi connectivity index (χ3v) is 5.75. The number of ketones is 1. The molecule has 0 spiro atoms. The first-order valence-electron chi connectivity index (χ1n) is 9.65. The molecule has 1 N–H and O–H groups in total. The van der Waals surface area contributed by atoms with E-state index in [4.69, 9.17) is 9.47 Å². The molecule has 0 bridgehead atoms. The Balaban J connectivity index is 2.01. The number of carbonyl (C=O) groups excluding carboxylic acids is 2. The number of Topliss-reactive ketones (excluding diaryl/α,β-unsaturated/α-hetero) is 1. The summed E-state index contributed by atoms with van der Waals surface area (Å²) < 4.78 is 11.7. The molecule has 1 fully saturated rings. The van der Waals surface area contributed by atoms with Gasteiger partial charge in [-0.15, -0.1) is 0 Å². The highest BCUT2D eigenvalue weighted by molar-refractivity contribution is 9.10. The molecule has 32 heavy (non-hydrogen) atoms. The van der Waals surface area contributed by atoms with E-state index < -0.39 is 17.7 Å². The van der Waals surface area contributed by atoms with Gasteiger partial charge in [0, 0.05) is 21.8 Å². The lowest BCUT2D eigenvalue weighted by Crippen LogP contribution is -2.29. The molecule has 1 amide bonds. The number of aliphatic hydroxyl groups excluding tert-OH is 1. The van der Waals surface area contributed by atoms with Crippen LogP contribution in [0.15, 0.2) is 77.0 Å². The Morgan fingerprint density at radius 2 is 1.81 bits per heavy atom. The molecule has 0 unspecified atom stereocenters. The number of anilines is 1. The lowest BCUT2D eigenvalue weighted by atomic mass is 9.94. The van der Waals surface area contributed by atoms with Crippen LogP contribution in [0.5, 0.6) is 11.5 Å². The number of hydrogen-bond acceptors (Lipinski definition) is 6. The Hall–Kier alpha value is -3.65. The number of ether oxygens (including phenoxy) is 2. The summed E-state index contributed by atoms with van der Waals surface area (Å²) in [4.78, 5) is 31.8. The highest BCUT2D eigenvalue weighted by atomic mass is 79.9. The number of amides is 1. The summed E-state index contributed by atoms with van der Waals surface area (Å²) in [5.41, 5.74) is 1.27. The molecule has 1 aromatic heterocycles. The van der Waals surface area contributed by atoms with Gasteiger partial charge in [-0.2, -0.15) is 0 Å². The van der Waals surface area contributed by atoms with Gasteiger partial charge in [0.2, 0.25) is 0 Å². The quantitative estimate of drug-likeness (QED) is 0.319. The van der Waals surface area contributed by atoms with Crippen LogP contribution in [0.2, 0.25) is 0 Å². The first-order chi connectivity index (χ1) is 15.5. The van der Waals surface area contributed by atoms with Crippen LogP contribution in [-0.2, 0) is 9.59 Å². The van der Waals surface area contributed by atoms with Crippen molar-refractivity contribution in [2.75, 3.05) is 19.1 Å². The Bertz CT molecular complexity index is 1210. The number of carbonyl (C=O) groups is 2. The van der Waals surface area contributed by atoms with Gasteiger partial charge in [0.15, 0.2) is 0 Å². The van der Waals surface area contributed by atoms with Crippen LogP contribution in [0.25, 0.3) is 5.76 Å². The van der Waals surface area contributed by atoms with Crippen LogP contribution in [0.4, 0.5) is 5.69 Å². The summed E-state index contributed by atoms with van der Waals surface area (Å²) in [7, 11) is 3.02. The Morgan fingerprint density at radius 1 is 1.06 bits per heavy atom. The predicted octanol–water partition coefficient (Wildman–Crippen LogP) is 4.49. The van der Waals surface area contributed by atoms with Gasteiger partial charge in [-0.05, 0) is 42.5 Å². The van der Waals surface area contributed by atoms with E-state index in [0.717, 1.165) is 4.47 Å². The van der Waals surface area contributed by atoms with E-state index in [-0.39, 0.29) is 11.3 Å². The minimum atomic E-state index is -0.951. The van der Waals surface area contributed by atoms with Gasteiger partial charge >= 0.3 is 0 Å². The van der Waals surface area contributed by atoms with Crippen molar-refractivity contribution in [1.29, 1.82) is 0 Å². The largest absolute Gasteiger partial charge is 0.507 e. The van der Waals surface area contributed by atoms with Crippen LogP contribution < -0.4 is 14.4 Å². The zero-order valence-electron chi connectivity index (χ0n) is 17.3. The smallest absolute Gasteiger partial charge is 0.300 e. The highest BCUT2D eigenvalue weighted by Crippen LogP contribution is 2.45. The molecule has 0 radical (unpaired) electrons. The van der Waals surface area contributed by atoms with E-state index in [1.807, 2.05) is 0 Å². The fraction of sp³-hybridized carbons (Fsp3) is 0.125. The SMILES string of the molecule is COc1ccc(OC)c([C@H]2C(=C(O)c3ccc(Br)cc3)C(=O)C(=O)N2c2cccnc2)c1. The van der Waals surface area contributed by atoms with Gasteiger partial charge < -0.3 is 14.6 Å².